The number of nitrogens with two attached hydrogens (primary N) is 1. The molecule has 0 aromatic heterocycles. The van der Waals surface area contributed by atoms with Crippen LogP contribution in [-0.4, -0.2) is 41.8 Å². The Morgan fingerprint density at radius 1 is 1.38 bits per heavy atom. The molecule has 6 nitrogen and oxygen atoms in total. The molecule has 1 aliphatic heterocycles. The monoisotopic (exact) mass is 292 g/mol. The minimum Gasteiger partial charge on any atom is -0.479 e. The smallest absolute Gasteiger partial charge is 0.331 e. The van der Waals surface area contributed by atoms with Gasteiger partial charge in [0.25, 0.3) is 0 Å². The Bertz CT molecular complexity index is 498. The topological polar surface area (TPSA) is 102 Å². The van der Waals surface area contributed by atoms with Crippen LogP contribution in [0.3, 0.4) is 0 Å². The minimum atomic E-state index is -1.33. The van der Waals surface area contributed by atoms with Crippen LogP contribution in [0.2, 0.25) is 0 Å². The highest BCUT2D eigenvalue weighted by Gasteiger charge is 2.44. The number of carbonyl (C=O) groups excluding carboxylic acids is 1. The molecule has 1 aromatic carbocycles. The first-order valence-corrected chi connectivity index (χ1v) is 6.96. The molecule has 1 saturated heterocycles. The van der Waals surface area contributed by atoms with Gasteiger partial charge in [0.15, 0.2) is 5.54 Å². The third-order valence-electron chi connectivity index (χ3n) is 3.72. The summed E-state index contributed by atoms with van der Waals surface area (Å²) in [6, 6.07) is 8.98. The van der Waals surface area contributed by atoms with Crippen molar-refractivity contribution < 1.29 is 19.4 Å². The molecular formula is C15H20N2O4. The number of ether oxygens (including phenoxy) is 1. The van der Waals surface area contributed by atoms with Crippen molar-refractivity contribution in [2.45, 2.75) is 30.8 Å². The predicted molar refractivity (Wildman–Crippen MR) is 76.7 cm³/mol. The van der Waals surface area contributed by atoms with E-state index in [1.165, 1.54) is 0 Å². The van der Waals surface area contributed by atoms with Crippen molar-refractivity contribution in [3.05, 3.63) is 35.9 Å². The van der Waals surface area contributed by atoms with Gasteiger partial charge >= 0.3 is 5.97 Å². The van der Waals surface area contributed by atoms with E-state index in [9.17, 15) is 14.7 Å². The van der Waals surface area contributed by atoms with E-state index in [0.29, 0.717) is 19.4 Å². The van der Waals surface area contributed by atoms with Crippen LogP contribution in [0.5, 0.6) is 0 Å². The Labute approximate surface area is 123 Å². The molecule has 4 N–H and O–H groups in total. The SMILES string of the molecule is NC(CCc1ccccc1)C(=O)NC1(C(=O)O)CCOC1. The lowest BCUT2D eigenvalue weighted by Gasteiger charge is -2.25. The van der Waals surface area contributed by atoms with Crippen LogP contribution in [0.25, 0.3) is 0 Å². The highest BCUT2D eigenvalue weighted by molar-refractivity contribution is 5.89. The molecule has 0 bridgehead atoms. The van der Waals surface area contributed by atoms with Crippen LogP contribution < -0.4 is 11.1 Å². The Hall–Kier alpha value is -1.92. The molecule has 0 spiro atoms. The fourth-order valence-corrected chi connectivity index (χ4v) is 2.31. The van der Waals surface area contributed by atoms with Crippen molar-refractivity contribution in [3.8, 4) is 0 Å². The van der Waals surface area contributed by atoms with Crippen LogP contribution in [0.1, 0.15) is 18.4 Å². The first-order valence-electron chi connectivity index (χ1n) is 6.96. The summed E-state index contributed by atoms with van der Waals surface area (Å²) in [6.07, 6.45) is 1.40. The number of benzene rings is 1. The average molecular weight is 292 g/mol. The van der Waals surface area contributed by atoms with Gasteiger partial charge in [0.1, 0.15) is 0 Å². The maximum absolute atomic E-state index is 12.1. The number of hydrogen-bond acceptors (Lipinski definition) is 4. The van der Waals surface area contributed by atoms with E-state index < -0.39 is 23.5 Å². The first kappa shape index (κ1) is 15.5. The summed E-state index contributed by atoms with van der Waals surface area (Å²) in [5.41, 5.74) is 5.62. The maximum Gasteiger partial charge on any atom is 0.331 e. The van der Waals surface area contributed by atoms with Gasteiger partial charge in [-0.25, -0.2) is 4.79 Å². The van der Waals surface area contributed by atoms with Gasteiger partial charge < -0.3 is 20.9 Å². The lowest BCUT2D eigenvalue weighted by Crippen LogP contribution is -2.58. The molecule has 1 heterocycles. The van der Waals surface area contributed by atoms with Gasteiger partial charge in [0, 0.05) is 13.0 Å². The van der Waals surface area contributed by atoms with E-state index in [1.54, 1.807) is 0 Å². The Morgan fingerprint density at radius 2 is 2.10 bits per heavy atom. The van der Waals surface area contributed by atoms with Crippen LogP contribution in [0.15, 0.2) is 30.3 Å². The number of hydrogen-bond donors (Lipinski definition) is 3. The largest absolute Gasteiger partial charge is 0.479 e. The van der Waals surface area contributed by atoms with E-state index in [-0.39, 0.29) is 13.0 Å². The second-order valence-electron chi connectivity index (χ2n) is 5.31. The third kappa shape index (κ3) is 3.80. The van der Waals surface area contributed by atoms with Crippen molar-refractivity contribution in [3.63, 3.8) is 0 Å². The summed E-state index contributed by atoms with van der Waals surface area (Å²) in [5.74, 6) is -1.53. The molecule has 2 unspecified atom stereocenters. The lowest BCUT2D eigenvalue weighted by molar-refractivity contribution is -0.147. The minimum absolute atomic E-state index is 0.0144. The van der Waals surface area contributed by atoms with Gasteiger partial charge in [-0.3, -0.25) is 4.79 Å². The number of nitrogens with one attached hydrogen (secondary N) is 1. The maximum atomic E-state index is 12.1. The zero-order valence-corrected chi connectivity index (χ0v) is 11.7. The standard InChI is InChI=1S/C15H20N2O4/c16-12(7-6-11-4-2-1-3-5-11)13(18)17-15(14(19)20)8-9-21-10-15/h1-5,12H,6-10,16H2,(H,17,18)(H,19,20). The summed E-state index contributed by atoms with van der Waals surface area (Å²) in [4.78, 5) is 23.4. The molecule has 1 aliphatic rings. The molecule has 2 atom stereocenters. The second-order valence-corrected chi connectivity index (χ2v) is 5.31. The molecule has 1 amide bonds. The van der Waals surface area contributed by atoms with Crippen molar-refractivity contribution in [1.29, 1.82) is 0 Å². The highest BCUT2D eigenvalue weighted by Crippen LogP contribution is 2.19. The van der Waals surface area contributed by atoms with E-state index in [0.717, 1.165) is 5.56 Å². The number of carboxylic acids is 1. The quantitative estimate of drug-likeness (QED) is 0.700. The number of aliphatic carboxylic acids is 1. The van der Waals surface area contributed by atoms with Gasteiger partial charge in [-0.05, 0) is 18.4 Å². The first-order chi connectivity index (χ1) is 10.0. The summed E-state index contributed by atoms with van der Waals surface area (Å²) in [5, 5.41) is 11.8. The van der Waals surface area contributed by atoms with Crippen LogP contribution >= 0.6 is 0 Å². The molecule has 1 fully saturated rings. The Balaban J connectivity index is 1.89. The number of rotatable bonds is 6. The van der Waals surface area contributed by atoms with Gasteiger partial charge in [-0.2, -0.15) is 0 Å². The molecular weight excluding hydrogens is 272 g/mol. The van der Waals surface area contributed by atoms with Crippen LogP contribution in [0.4, 0.5) is 0 Å². The van der Waals surface area contributed by atoms with Gasteiger partial charge in [0.05, 0.1) is 12.6 Å². The van der Waals surface area contributed by atoms with E-state index in [4.69, 9.17) is 10.5 Å². The fraction of sp³-hybridized carbons (Fsp3) is 0.467. The molecule has 114 valence electrons. The summed E-state index contributed by atoms with van der Waals surface area (Å²) < 4.78 is 5.10. The number of carboxylic acid groups (broad SMARTS) is 1. The molecule has 2 rings (SSSR count). The number of aryl methyl sites for hydroxylation is 1. The summed E-state index contributed by atoms with van der Waals surface area (Å²) in [7, 11) is 0. The van der Waals surface area contributed by atoms with E-state index in [1.807, 2.05) is 30.3 Å². The summed E-state index contributed by atoms with van der Waals surface area (Å²) in [6.45, 7) is 0.311. The van der Waals surface area contributed by atoms with Crippen molar-refractivity contribution in [2.75, 3.05) is 13.2 Å². The molecule has 0 aliphatic carbocycles. The zero-order chi connectivity index (χ0) is 15.3. The molecule has 1 aromatic rings. The molecule has 6 heteroatoms. The van der Waals surface area contributed by atoms with Crippen LogP contribution in [0, 0.1) is 0 Å². The van der Waals surface area contributed by atoms with Gasteiger partial charge in [0.2, 0.25) is 5.91 Å². The predicted octanol–water partition coefficient (Wildman–Crippen LogP) is 0.306. The van der Waals surface area contributed by atoms with Gasteiger partial charge in [-0.1, -0.05) is 30.3 Å². The average Bonchev–Trinajstić information content (AvgIpc) is 2.95. The van der Waals surface area contributed by atoms with E-state index in [2.05, 4.69) is 5.32 Å². The summed E-state index contributed by atoms with van der Waals surface area (Å²) >= 11 is 0. The third-order valence-corrected chi connectivity index (χ3v) is 3.72. The number of amides is 1. The van der Waals surface area contributed by atoms with Crippen molar-refractivity contribution >= 4 is 11.9 Å². The molecule has 0 radical (unpaired) electrons. The Kier molecular flexibility index (Phi) is 4.93. The lowest BCUT2D eigenvalue weighted by atomic mass is 9.97. The molecule has 0 saturated carbocycles. The normalized spacial score (nSPS) is 22.7. The number of carbonyl (C=O) groups is 2. The van der Waals surface area contributed by atoms with Crippen LogP contribution in [-0.2, 0) is 20.7 Å². The highest BCUT2D eigenvalue weighted by atomic mass is 16.5. The van der Waals surface area contributed by atoms with Gasteiger partial charge in [-0.15, -0.1) is 0 Å². The van der Waals surface area contributed by atoms with Crippen molar-refractivity contribution in [2.24, 2.45) is 5.73 Å². The zero-order valence-electron chi connectivity index (χ0n) is 11.7. The Morgan fingerprint density at radius 3 is 2.67 bits per heavy atom. The molecule has 21 heavy (non-hydrogen) atoms. The fourth-order valence-electron chi connectivity index (χ4n) is 2.31. The second kappa shape index (κ2) is 6.69. The van der Waals surface area contributed by atoms with E-state index >= 15 is 0 Å². The van der Waals surface area contributed by atoms with Crippen molar-refractivity contribution in [1.82, 2.24) is 5.32 Å².